The van der Waals surface area contributed by atoms with Gasteiger partial charge in [-0.25, -0.2) is 8.78 Å². The summed E-state index contributed by atoms with van der Waals surface area (Å²) in [6.45, 7) is 3.54. The third kappa shape index (κ3) is 6.36. The summed E-state index contributed by atoms with van der Waals surface area (Å²) < 4.78 is 77.9. The van der Waals surface area contributed by atoms with Crippen LogP contribution in [0.4, 0.5) is 22.0 Å². The lowest BCUT2D eigenvalue weighted by atomic mass is 9.76. The number of benzene rings is 1. The molecule has 2 saturated carbocycles. The fourth-order valence-corrected chi connectivity index (χ4v) is 5.72. The first-order valence-electron chi connectivity index (χ1n) is 12.2. The summed E-state index contributed by atoms with van der Waals surface area (Å²) in [7, 11) is 0. The fourth-order valence-electron chi connectivity index (χ4n) is 5.72. The van der Waals surface area contributed by atoms with E-state index in [1.807, 2.05) is 6.07 Å². The van der Waals surface area contributed by atoms with Crippen LogP contribution in [-0.4, -0.2) is 19.4 Å². The third-order valence-corrected chi connectivity index (χ3v) is 7.81. The molecule has 0 atom stereocenters. The van der Waals surface area contributed by atoms with Crippen LogP contribution in [0.2, 0.25) is 0 Å². The van der Waals surface area contributed by atoms with Crippen LogP contribution in [0.5, 0.6) is 0 Å². The Labute approximate surface area is 192 Å². The number of hydrogen-bond donors (Lipinski definition) is 0. The highest BCUT2D eigenvalue weighted by atomic mass is 19.4. The Bertz CT molecular complexity index is 812. The molecule has 0 amide bonds. The van der Waals surface area contributed by atoms with E-state index in [0.717, 1.165) is 5.92 Å². The van der Waals surface area contributed by atoms with E-state index in [1.54, 1.807) is 6.07 Å². The zero-order valence-electron chi connectivity index (χ0n) is 19.1. The van der Waals surface area contributed by atoms with E-state index in [-0.39, 0.29) is 30.7 Å². The minimum Gasteiger partial charge on any atom is -0.348 e. The number of ether oxygens (including phenoxy) is 2. The van der Waals surface area contributed by atoms with Gasteiger partial charge in [0.15, 0.2) is 6.29 Å². The normalized spacial score (nSPS) is 34.3. The van der Waals surface area contributed by atoms with Crippen LogP contribution in [0, 0.1) is 29.5 Å². The number of rotatable bonds is 4. The Morgan fingerprint density at radius 1 is 0.909 bits per heavy atom. The minimum atomic E-state index is -4.65. The number of halogens is 5. The molecule has 2 aliphatic carbocycles. The molecule has 0 aromatic heterocycles. The molecule has 4 rings (SSSR count). The van der Waals surface area contributed by atoms with Crippen molar-refractivity contribution in [2.24, 2.45) is 23.7 Å². The summed E-state index contributed by atoms with van der Waals surface area (Å²) >= 11 is 0. The van der Waals surface area contributed by atoms with Crippen LogP contribution in [0.15, 0.2) is 30.1 Å². The van der Waals surface area contributed by atoms with Crippen LogP contribution < -0.4 is 0 Å². The summed E-state index contributed by atoms with van der Waals surface area (Å²) in [5.41, 5.74) is 1.17. The lowest BCUT2D eigenvalue weighted by Crippen LogP contribution is -2.34. The second kappa shape index (κ2) is 10.4. The van der Waals surface area contributed by atoms with Gasteiger partial charge in [0.05, 0.1) is 19.3 Å². The van der Waals surface area contributed by atoms with Gasteiger partial charge in [0.1, 0.15) is 11.6 Å². The molecule has 0 N–H and O–H groups in total. The molecule has 2 nitrogen and oxygen atoms in total. The zero-order valence-corrected chi connectivity index (χ0v) is 19.1. The second-order valence-electron chi connectivity index (χ2n) is 10.2. The summed E-state index contributed by atoms with van der Waals surface area (Å²) in [4.78, 5) is 0. The van der Waals surface area contributed by atoms with Crippen molar-refractivity contribution < 1.29 is 31.4 Å². The number of allylic oxidation sites excluding steroid dienone is 2. The zero-order chi connectivity index (χ0) is 23.6. The smallest absolute Gasteiger partial charge is 0.348 e. The first-order valence-corrected chi connectivity index (χ1v) is 12.2. The molecule has 0 spiro atoms. The molecule has 3 fully saturated rings. The minimum absolute atomic E-state index is 0.125. The highest BCUT2D eigenvalue weighted by Gasteiger charge is 2.33. The molecule has 3 aliphatic rings. The van der Waals surface area contributed by atoms with Crippen LogP contribution in [0.1, 0.15) is 81.6 Å². The Hall–Kier alpha value is -1.47. The maximum atomic E-state index is 14.9. The van der Waals surface area contributed by atoms with Crippen molar-refractivity contribution in [2.45, 2.75) is 76.7 Å². The molecular weight excluding hydrogens is 439 g/mol. The lowest BCUT2D eigenvalue weighted by Gasteiger charge is -2.37. The second-order valence-corrected chi connectivity index (χ2v) is 10.2. The Morgan fingerprint density at radius 2 is 1.55 bits per heavy atom. The van der Waals surface area contributed by atoms with Crippen LogP contribution >= 0.6 is 0 Å². The van der Waals surface area contributed by atoms with E-state index in [2.05, 4.69) is 6.92 Å². The summed E-state index contributed by atoms with van der Waals surface area (Å²) in [6, 6.07) is 4.97. The first kappa shape index (κ1) is 24.6. The predicted molar refractivity (Wildman–Crippen MR) is 116 cm³/mol. The van der Waals surface area contributed by atoms with Crippen LogP contribution in [0.25, 0.3) is 0 Å². The maximum Gasteiger partial charge on any atom is 0.412 e. The highest BCUT2D eigenvalue weighted by molar-refractivity contribution is 5.29. The quantitative estimate of drug-likeness (QED) is 0.413. The van der Waals surface area contributed by atoms with Gasteiger partial charge in [-0.1, -0.05) is 31.9 Å². The van der Waals surface area contributed by atoms with Crippen molar-refractivity contribution in [2.75, 3.05) is 13.2 Å². The van der Waals surface area contributed by atoms with Crippen molar-refractivity contribution in [3.05, 3.63) is 47.0 Å². The Morgan fingerprint density at radius 3 is 2.12 bits per heavy atom. The highest BCUT2D eigenvalue weighted by Crippen LogP contribution is 2.42. The van der Waals surface area contributed by atoms with Gasteiger partial charge in [0.2, 0.25) is 0 Å². The van der Waals surface area contributed by atoms with Gasteiger partial charge in [0.25, 0.3) is 0 Å². The fraction of sp³-hybridized carbons (Fsp3) is 0.692. The summed E-state index contributed by atoms with van der Waals surface area (Å²) in [5, 5.41) is 0. The van der Waals surface area contributed by atoms with Gasteiger partial charge in [0, 0.05) is 17.4 Å². The molecule has 184 valence electrons. The van der Waals surface area contributed by atoms with Crippen molar-refractivity contribution >= 4 is 0 Å². The molecule has 1 aromatic rings. The van der Waals surface area contributed by atoms with Gasteiger partial charge < -0.3 is 9.47 Å². The van der Waals surface area contributed by atoms with Gasteiger partial charge >= 0.3 is 6.18 Å². The summed E-state index contributed by atoms with van der Waals surface area (Å²) in [6.07, 6.45) is 0.920. The van der Waals surface area contributed by atoms with E-state index >= 15 is 0 Å². The molecule has 1 saturated heterocycles. The van der Waals surface area contributed by atoms with Crippen molar-refractivity contribution in [1.82, 2.24) is 0 Å². The number of hydrogen-bond acceptors (Lipinski definition) is 2. The maximum absolute atomic E-state index is 14.9. The molecule has 0 unspecified atom stereocenters. The molecule has 0 bridgehead atoms. The van der Waals surface area contributed by atoms with Crippen LogP contribution in [-0.2, 0) is 9.47 Å². The molecule has 1 heterocycles. The standard InChI is InChI=1S/C26H33F5O2/c1-16-2-4-17(5-3-16)21-14-32-25(33-15-21)20-10-11-22(23(27)12-20)18-6-8-19(9-7-18)24(28)13-26(29,30)31/h10-13,16-19,21,25H,2-9,14-15H2,1H3/b24-13-. The molecule has 1 aromatic carbocycles. The van der Waals surface area contributed by atoms with Crippen molar-refractivity contribution in [3.63, 3.8) is 0 Å². The third-order valence-electron chi connectivity index (χ3n) is 7.81. The summed E-state index contributed by atoms with van der Waals surface area (Å²) in [5.74, 6) is -0.532. The van der Waals surface area contributed by atoms with E-state index in [0.29, 0.717) is 49.0 Å². The predicted octanol–water partition coefficient (Wildman–Crippen LogP) is 8.00. The van der Waals surface area contributed by atoms with Gasteiger partial charge in [-0.15, -0.1) is 0 Å². The number of alkyl halides is 3. The van der Waals surface area contributed by atoms with E-state index in [1.165, 1.54) is 31.7 Å². The van der Waals surface area contributed by atoms with Gasteiger partial charge in [-0.05, 0) is 67.9 Å². The molecule has 33 heavy (non-hydrogen) atoms. The van der Waals surface area contributed by atoms with Crippen molar-refractivity contribution in [1.29, 1.82) is 0 Å². The Kier molecular flexibility index (Phi) is 7.79. The monoisotopic (exact) mass is 472 g/mol. The topological polar surface area (TPSA) is 18.5 Å². The van der Waals surface area contributed by atoms with Gasteiger partial charge in [-0.3, -0.25) is 0 Å². The Balaban J connectivity index is 1.31. The average Bonchev–Trinajstić information content (AvgIpc) is 2.79. The van der Waals surface area contributed by atoms with Gasteiger partial charge in [-0.2, -0.15) is 13.2 Å². The average molecular weight is 473 g/mol. The SMILES string of the molecule is CC1CCC(C2COC(c3ccc(C4CCC(/C(F)=C/C(F)(F)F)CC4)c(F)c3)OC2)CC1. The largest absolute Gasteiger partial charge is 0.412 e. The van der Waals surface area contributed by atoms with E-state index < -0.39 is 24.2 Å². The first-order chi connectivity index (χ1) is 15.7. The lowest BCUT2D eigenvalue weighted by molar-refractivity contribution is -0.214. The van der Waals surface area contributed by atoms with E-state index in [9.17, 15) is 22.0 Å². The van der Waals surface area contributed by atoms with Crippen LogP contribution in [0.3, 0.4) is 0 Å². The molecule has 7 heteroatoms. The molecule has 1 aliphatic heterocycles. The van der Waals surface area contributed by atoms with Crippen molar-refractivity contribution in [3.8, 4) is 0 Å². The van der Waals surface area contributed by atoms with E-state index in [4.69, 9.17) is 9.47 Å². The molecule has 0 radical (unpaired) electrons. The molecular formula is C26H33F5O2.